The van der Waals surface area contributed by atoms with Crippen LogP contribution in [0.15, 0.2) is 0 Å². The van der Waals surface area contributed by atoms with Crippen molar-refractivity contribution in [3.8, 4) is 0 Å². The van der Waals surface area contributed by atoms with E-state index >= 15 is 0 Å². The van der Waals surface area contributed by atoms with E-state index in [1.165, 1.54) is 6.92 Å². The molecule has 184 valence electrons. The van der Waals surface area contributed by atoms with E-state index < -0.39 is 6.04 Å². The Labute approximate surface area is 190 Å². The van der Waals surface area contributed by atoms with Gasteiger partial charge in [0.05, 0.1) is 31.8 Å². The van der Waals surface area contributed by atoms with Crippen LogP contribution in [0.3, 0.4) is 0 Å². The number of hydrogen-bond acceptors (Lipinski definition) is 8. The van der Waals surface area contributed by atoms with E-state index in [2.05, 4.69) is 16.0 Å². The molecule has 1 spiro atoms. The van der Waals surface area contributed by atoms with Crippen molar-refractivity contribution >= 4 is 17.6 Å². The number of ketones is 1. The van der Waals surface area contributed by atoms with Crippen LogP contribution < -0.4 is 16.0 Å². The normalized spacial score (nSPS) is 26.5. The first-order chi connectivity index (χ1) is 15.4. The summed E-state index contributed by atoms with van der Waals surface area (Å²) in [7, 11) is 1.93. The molecule has 0 saturated carbocycles. The second-order valence-corrected chi connectivity index (χ2v) is 8.63. The summed E-state index contributed by atoms with van der Waals surface area (Å²) in [6.45, 7) is 6.54. The van der Waals surface area contributed by atoms with Crippen molar-refractivity contribution in [3.63, 3.8) is 0 Å². The molecule has 2 aliphatic rings. The highest BCUT2D eigenvalue weighted by atomic mass is 16.7. The van der Waals surface area contributed by atoms with Crippen LogP contribution in [-0.2, 0) is 33.3 Å². The molecule has 0 aliphatic carbocycles. The van der Waals surface area contributed by atoms with E-state index in [9.17, 15) is 14.4 Å². The lowest BCUT2D eigenvalue weighted by Gasteiger charge is -2.43. The Bertz CT molecular complexity index is 598. The zero-order valence-electron chi connectivity index (χ0n) is 19.6. The summed E-state index contributed by atoms with van der Waals surface area (Å²) >= 11 is 0. The fourth-order valence-corrected chi connectivity index (χ4v) is 3.63. The summed E-state index contributed by atoms with van der Waals surface area (Å²) in [5.41, 5.74) is -0.262. The Morgan fingerprint density at radius 1 is 0.938 bits per heavy atom. The molecule has 0 aromatic carbocycles. The summed E-state index contributed by atoms with van der Waals surface area (Å²) in [5.74, 6) is -0.768. The summed E-state index contributed by atoms with van der Waals surface area (Å²) in [4.78, 5) is 35.3. The standard InChI is InChI=1S/C22H39N3O7/c1-4-17(27)11-18(25-16(2)26)21(28)24-10-6-8-20-31-14-22(15-32-20)12-29-19(30-13-22)7-5-9-23-3/h18-20,23H,4-15H2,1-3H3,(H,24,28)(H,25,26). The van der Waals surface area contributed by atoms with Gasteiger partial charge in [-0.2, -0.15) is 0 Å². The van der Waals surface area contributed by atoms with Crippen LogP contribution >= 0.6 is 0 Å². The zero-order chi connectivity index (χ0) is 23.4. The molecule has 3 N–H and O–H groups in total. The average Bonchev–Trinajstić information content (AvgIpc) is 2.78. The highest BCUT2D eigenvalue weighted by Crippen LogP contribution is 2.31. The molecule has 0 radical (unpaired) electrons. The summed E-state index contributed by atoms with van der Waals surface area (Å²) in [5, 5.41) is 8.43. The van der Waals surface area contributed by atoms with E-state index in [1.807, 2.05) is 7.05 Å². The number of Topliss-reactive ketones (excluding diaryl/α,β-unsaturated/α-hetero) is 1. The molecule has 0 aromatic rings. The second-order valence-electron chi connectivity index (χ2n) is 8.63. The third-order valence-electron chi connectivity index (χ3n) is 5.60. The molecule has 2 aliphatic heterocycles. The van der Waals surface area contributed by atoms with Crippen LogP contribution in [0.4, 0.5) is 0 Å². The number of rotatable bonds is 13. The number of carbonyl (C=O) groups excluding carboxylic acids is 3. The van der Waals surface area contributed by atoms with Gasteiger partial charge in [0.25, 0.3) is 0 Å². The molecule has 32 heavy (non-hydrogen) atoms. The number of carbonyl (C=O) groups is 3. The van der Waals surface area contributed by atoms with Crippen LogP contribution in [0, 0.1) is 5.41 Å². The van der Waals surface area contributed by atoms with Gasteiger partial charge in [0.1, 0.15) is 11.8 Å². The Hall–Kier alpha value is -1.59. The van der Waals surface area contributed by atoms with Crippen molar-refractivity contribution in [2.24, 2.45) is 5.41 Å². The third kappa shape index (κ3) is 9.11. The maximum absolute atomic E-state index is 12.3. The molecule has 2 rings (SSSR count). The molecule has 0 bridgehead atoms. The van der Waals surface area contributed by atoms with Gasteiger partial charge in [-0.3, -0.25) is 14.4 Å². The van der Waals surface area contributed by atoms with E-state index in [0.717, 1.165) is 19.4 Å². The quantitative estimate of drug-likeness (QED) is 0.341. The van der Waals surface area contributed by atoms with E-state index in [4.69, 9.17) is 18.9 Å². The molecule has 10 nitrogen and oxygen atoms in total. The van der Waals surface area contributed by atoms with Gasteiger partial charge < -0.3 is 34.9 Å². The van der Waals surface area contributed by atoms with E-state index in [0.29, 0.717) is 52.2 Å². The van der Waals surface area contributed by atoms with Crippen molar-refractivity contribution in [3.05, 3.63) is 0 Å². The van der Waals surface area contributed by atoms with Gasteiger partial charge in [-0.25, -0.2) is 0 Å². The molecule has 2 amide bonds. The molecule has 2 saturated heterocycles. The van der Waals surface area contributed by atoms with Crippen molar-refractivity contribution in [1.82, 2.24) is 16.0 Å². The van der Waals surface area contributed by atoms with Gasteiger partial charge in [0, 0.05) is 32.7 Å². The summed E-state index contributed by atoms with van der Waals surface area (Å²) < 4.78 is 23.4. The van der Waals surface area contributed by atoms with Gasteiger partial charge in [-0.1, -0.05) is 6.92 Å². The lowest BCUT2D eigenvalue weighted by molar-refractivity contribution is -0.304. The smallest absolute Gasteiger partial charge is 0.243 e. The Balaban J connectivity index is 1.62. The topological polar surface area (TPSA) is 124 Å². The molecule has 2 heterocycles. The van der Waals surface area contributed by atoms with Crippen molar-refractivity contribution in [2.45, 2.75) is 71.0 Å². The van der Waals surface area contributed by atoms with E-state index in [-0.39, 0.29) is 42.0 Å². The molecule has 1 atom stereocenters. The number of amides is 2. The fraction of sp³-hybridized carbons (Fsp3) is 0.864. The highest BCUT2D eigenvalue weighted by Gasteiger charge is 2.41. The minimum Gasteiger partial charge on any atom is -0.354 e. The fourth-order valence-electron chi connectivity index (χ4n) is 3.63. The van der Waals surface area contributed by atoms with Gasteiger partial charge >= 0.3 is 0 Å². The van der Waals surface area contributed by atoms with Crippen LogP contribution in [0.2, 0.25) is 0 Å². The molecule has 10 heteroatoms. The summed E-state index contributed by atoms with van der Waals surface area (Å²) in [6.07, 6.45) is 2.97. The number of ether oxygens (including phenoxy) is 4. The van der Waals surface area contributed by atoms with Crippen molar-refractivity contribution in [2.75, 3.05) is 46.6 Å². The predicted molar refractivity (Wildman–Crippen MR) is 117 cm³/mol. The zero-order valence-corrected chi connectivity index (χ0v) is 19.6. The lowest BCUT2D eigenvalue weighted by Crippen LogP contribution is -2.52. The third-order valence-corrected chi connectivity index (χ3v) is 5.60. The number of hydrogen-bond donors (Lipinski definition) is 3. The first-order valence-electron chi connectivity index (χ1n) is 11.5. The Morgan fingerprint density at radius 2 is 1.47 bits per heavy atom. The molecule has 0 aromatic heterocycles. The first-order valence-corrected chi connectivity index (χ1v) is 11.5. The van der Waals surface area contributed by atoms with Crippen molar-refractivity contribution in [1.29, 1.82) is 0 Å². The molecule has 1 unspecified atom stereocenters. The monoisotopic (exact) mass is 457 g/mol. The van der Waals surface area contributed by atoms with Crippen molar-refractivity contribution < 1.29 is 33.3 Å². The maximum Gasteiger partial charge on any atom is 0.243 e. The van der Waals surface area contributed by atoms with Gasteiger partial charge in [0.2, 0.25) is 11.8 Å². The highest BCUT2D eigenvalue weighted by molar-refractivity contribution is 5.92. The first kappa shape index (κ1) is 26.7. The second kappa shape index (κ2) is 13.8. The van der Waals surface area contributed by atoms with Gasteiger partial charge in [0.15, 0.2) is 12.6 Å². The van der Waals surface area contributed by atoms with Gasteiger partial charge in [-0.05, 0) is 32.9 Å². The van der Waals surface area contributed by atoms with Crippen LogP contribution in [0.5, 0.6) is 0 Å². The minimum atomic E-state index is -0.838. The minimum absolute atomic E-state index is 0.000660. The predicted octanol–water partition coefficient (Wildman–Crippen LogP) is 0.489. The van der Waals surface area contributed by atoms with Crippen LogP contribution in [0.1, 0.15) is 52.4 Å². The number of nitrogens with one attached hydrogen (secondary N) is 3. The average molecular weight is 458 g/mol. The molecule has 2 fully saturated rings. The Kier molecular flexibility index (Phi) is 11.5. The van der Waals surface area contributed by atoms with Crippen LogP contribution in [0.25, 0.3) is 0 Å². The lowest BCUT2D eigenvalue weighted by atomic mass is 9.90. The van der Waals surface area contributed by atoms with E-state index in [1.54, 1.807) is 6.92 Å². The maximum atomic E-state index is 12.3. The Morgan fingerprint density at radius 3 is 1.94 bits per heavy atom. The van der Waals surface area contributed by atoms with Crippen LogP contribution in [-0.4, -0.2) is 82.8 Å². The molecular formula is C22H39N3O7. The van der Waals surface area contributed by atoms with Gasteiger partial charge in [-0.15, -0.1) is 0 Å². The SMILES string of the molecule is CCC(=O)CC(NC(C)=O)C(=O)NCCCC1OCC2(COC(CCCNC)OC2)CO1. The largest absolute Gasteiger partial charge is 0.354 e. The molecular weight excluding hydrogens is 418 g/mol. The summed E-state index contributed by atoms with van der Waals surface area (Å²) in [6, 6.07) is -0.838.